The molecule has 2 aromatic carbocycles. The number of hydrogen-bond donors (Lipinski definition) is 6. The highest BCUT2D eigenvalue weighted by Gasteiger charge is 2.49. The molecule has 1 heterocycles. The standard InChI is InChI=1S/C34H41NO14/c1-13(36)9-22(47-15(3)33(42)43)49-32-14(2)46-23(10-19(32)35)48-21-12-34(44,16(4)37)11-18-25(21)31(41)27-26(29(18)39)28(38)17-7-6-8-20(45-5)24(17)30(27)40/h6-8,13-15,19,21-23,32,36,39,41,44H,9-12,35H2,1-5H3,(H,42,43)/t13?,14-,15?,19-,21-,22?,23-,32+,34-/m0/s1. The van der Waals surface area contributed by atoms with Gasteiger partial charge in [-0.15, -0.1) is 0 Å². The number of phenols is 2. The molecule has 1 fully saturated rings. The number of fused-ring (bicyclic) bond motifs is 3. The Hall–Kier alpha value is -3.96. The van der Waals surface area contributed by atoms with Crippen molar-refractivity contribution in [2.75, 3.05) is 7.11 Å². The van der Waals surface area contributed by atoms with Gasteiger partial charge in [-0.3, -0.25) is 14.4 Å². The number of aliphatic hydroxyl groups excluding tert-OH is 1. The van der Waals surface area contributed by atoms with Gasteiger partial charge in [0.1, 0.15) is 29.0 Å². The first kappa shape index (κ1) is 36.3. The summed E-state index contributed by atoms with van der Waals surface area (Å²) < 4.78 is 29.1. The molecule has 15 nitrogen and oxygen atoms in total. The van der Waals surface area contributed by atoms with Crippen molar-refractivity contribution in [2.45, 2.75) is 108 Å². The van der Waals surface area contributed by atoms with Crippen LogP contribution < -0.4 is 10.5 Å². The molecule has 1 aliphatic heterocycles. The third-order valence-corrected chi connectivity index (χ3v) is 9.31. The lowest BCUT2D eigenvalue weighted by Gasteiger charge is -2.43. The predicted octanol–water partition coefficient (Wildman–Crippen LogP) is 1.64. The largest absolute Gasteiger partial charge is 0.507 e. The van der Waals surface area contributed by atoms with Crippen molar-refractivity contribution in [3.63, 3.8) is 0 Å². The van der Waals surface area contributed by atoms with E-state index in [4.69, 9.17) is 29.4 Å². The molecular weight excluding hydrogens is 646 g/mol. The van der Waals surface area contributed by atoms with Crippen molar-refractivity contribution in [1.29, 1.82) is 0 Å². The Kier molecular flexibility index (Phi) is 10.2. The fourth-order valence-corrected chi connectivity index (χ4v) is 6.74. The van der Waals surface area contributed by atoms with Crippen molar-refractivity contribution in [3.8, 4) is 17.2 Å². The minimum atomic E-state index is -2.08. The molecule has 3 unspecified atom stereocenters. The van der Waals surface area contributed by atoms with Gasteiger partial charge >= 0.3 is 5.97 Å². The third-order valence-electron chi connectivity index (χ3n) is 9.31. The van der Waals surface area contributed by atoms with Gasteiger partial charge in [0.15, 0.2) is 30.3 Å². The fourth-order valence-electron chi connectivity index (χ4n) is 6.74. The lowest BCUT2D eigenvalue weighted by atomic mass is 9.72. The molecule has 0 amide bonds. The maximum absolute atomic E-state index is 13.8. The highest BCUT2D eigenvalue weighted by atomic mass is 16.7. The first-order chi connectivity index (χ1) is 23.0. The van der Waals surface area contributed by atoms with Crippen molar-refractivity contribution in [3.05, 3.63) is 51.6 Å². The van der Waals surface area contributed by atoms with E-state index < -0.39 is 114 Å². The number of carbonyl (C=O) groups is 4. The van der Waals surface area contributed by atoms with Crippen LogP contribution in [-0.4, -0.2) is 105 Å². The molecule has 2 aliphatic carbocycles. The molecule has 0 saturated carbocycles. The maximum atomic E-state index is 13.8. The quantitative estimate of drug-likeness (QED) is 0.124. The van der Waals surface area contributed by atoms with Crippen LogP contribution in [0.5, 0.6) is 17.2 Å². The van der Waals surface area contributed by atoms with Crippen molar-refractivity contribution in [2.24, 2.45) is 5.73 Å². The molecule has 0 bridgehead atoms. The van der Waals surface area contributed by atoms with E-state index in [0.29, 0.717) is 0 Å². The first-order valence-corrected chi connectivity index (χ1v) is 15.9. The molecule has 7 N–H and O–H groups in total. The molecule has 0 radical (unpaired) electrons. The number of ether oxygens (including phenoxy) is 5. The Labute approximate surface area is 281 Å². The lowest BCUT2D eigenvalue weighted by molar-refractivity contribution is -0.283. The predicted molar refractivity (Wildman–Crippen MR) is 167 cm³/mol. The number of rotatable bonds is 11. The van der Waals surface area contributed by atoms with Crippen LogP contribution in [0.1, 0.15) is 96.0 Å². The zero-order valence-corrected chi connectivity index (χ0v) is 27.7. The van der Waals surface area contributed by atoms with Gasteiger partial charge < -0.3 is 55.0 Å². The number of aliphatic hydroxyl groups is 2. The number of methoxy groups -OCH3 is 1. The SMILES string of the molecule is COc1cccc2c1C(=O)c1c(O)c3c(c(O)c1C2=O)C[C@@](O)(C(C)=O)C[C@@H]3O[C@H]1C[C@H](N)[C@H](OC(CC(C)O)OC(C)C(=O)O)[C@H](C)O1. The minimum Gasteiger partial charge on any atom is -0.507 e. The molecule has 0 spiro atoms. The Morgan fingerprint density at radius 3 is 2.37 bits per heavy atom. The summed E-state index contributed by atoms with van der Waals surface area (Å²) in [5.41, 5.74) is 3.07. The van der Waals surface area contributed by atoms with Gasteiger partial charge in [-0.2, -0.15) is 0 Å². The van der Waals surface area contributed by atoms with Crippen molar-refractivity contribution in [1.82, 2.24) is 0 Å². The number of benzene rings is 2. The monoisotopic (exact) mass is 687 g/mol. The van der Waals surface area contributed by atoms with Crippen molar-refractivity contribution >= 4 is 23.3 Å². The van der Waals surface area contributed by atoms with Crippen LogP contribution in [0, 0.1) is 0 Å². The summed E-state index contributed by atoms with van der Waals surface area (Å²) in [6.45, 7) is 5.58. The zero-order chi connectivity index (χ0) is 36.1. The summed E-state index contributed by atoms with van der Waals surface area (Å²) in [7, 11) is 1.32. The summed E-state index contributed by atoms with van der Waals surface area (Å²) in [6.07, 6.45) is -8.34. The number of aromatic hydroxyl groups is 2. The summed E-state index contributed by atoms with van der Waals surface area (Å²) in [5, 5.41) is 53.8. The van der Waals surface area contributed by atoms with Crippen molar-refractivity contribution < 1.29 is 68.4 Å². The zero-order valence-electron chi connectivity index (χ0n) is 27.7. The first-order valence-electron chi connectivity index (χ1n) is 15.9. The van der Waals surface area contributed by atoms with Gasteiger partial charge in [-0.05, 0) is 33.8 Å². The second kappa shape index (κ2) is 13.7. The van der Waals surface area contributed by atoms with E-state index in [1.54, 1.807) is 6.92 Å². The number of carbonyl (C=O) groups excluding carboxylic acids is 3. The van der Waals surface area contributed by atoms with E-state index in [1.165, 1.54) is 39.2 Å². The summed E-state index contributed by atoms with van der Waals surface area (Å²) in [4.78, 5) is 51.6. The number of carboxylic acid groups (broad SMARTS) is 1. The summed E-state index contributed by atoms with van der Waals surface area (Å²) >= 11 is 0. The van der Waals surface area contributed by atoms with E-state index in [2.05, 4.69) is 0 Å². The van der Waals surface area contributed by atoms with E-state index >= 15 is 0 Å². The normalized spacial score (nSPS) is 28.1. The smallest absolute Gasteiger partial charge is 0.332 e. The van der Waals surface area contributed by atoms with E-state index in [0.717, 1.165) is 6.92 Å². The second-order valence-electron chi connectivity index (χ2n) is 12.9. The molecule has 49 heavy (non-hydrogen) atoms. The van der Waals surface area contributed by atoms with Crippen LogP contribution in [-0.2, 0) is 35.0 Å². The Morgan fingerprint density at radius 1 is 1.10 bits per heavy atom. The average Bonchev–Trinajstić information content (AvgIpc) is 3.02. The maximum Gasteiger partial charge on any atom is 0.332 e. The minimum absolute atomic E-state index is 0.0328. The van der Waals surface area contributed by atoms with Gasteiger partial charge in [-0.25, -0.2) is 4.79 Å². The van der Waals surface area contributed by atoms with Crippen LogP contribution in [0.4, 0.5) is 0 Å². The average molecular weight is 688 g/mol. The summed E-state index contributed by atoms with van der Waals surface area (Å²) in [6, 6.07) is 3.58. The number of aliphatic carboxylic acids is 1. The molecular formula is C34H41NO14. The topological polar surface area (TPSA) is 242 Å². The Morgan fingerprint density at radius 2 is 1.78 bits per heavy atom. The number of carboxylic acids is 1. The van der Waals surface area contributed by atoms with E-state index in [1.807, 2.05) is 0 Å². The second-order valence-corrected chi connectivity index (χ2v) is 12.9. The third kappa shape index (κ3) is 6.67. The molecule has 266 valence electrons. The molecule has 5 rings (SSSR count). The molecule has 1 saturated heterocycles. The number of hydrogen-bond acceptors (Lipinski definition) is 14. The molecule has 15 heteroatoms. The highest BCUT2D eigenvalue weighted by Crippen LogP contribution is 2.52. The lowest BCUT2D eigenvalue weighted by Crippen LogP contribution is -2.55. The van der Waals surface area contributed by atoms with E-state index in [9.17, 15) is 44.7 Å². The van der Waals surface area contributed by atoms with Crippen LogP contribution in [0.3, 0.4) is 0 Å². The van der Waals surface area contributed by atoms with Gasteiger partial charge in [0.2, 0.25) is 5.78 Å². The molecule has 3 aliphatic rings. The van der Waals surface area contributed by atoms with Gasteiger partial charge in [0.05, 0.1) is 42.1 Å². The Bertz CT molecular complexity index is 1660. The Balaban J connectivity index is 1.48. The van der Waals surface area contributed by atoms with Crippen LogP contribution in [0.15, 0.2) is 18.2 Å². The van der Waals surface area contributed by atoms with Gasteiger partial charge in [-0.1, -0.05) is 12.1 Å². The van der Waals surface area contributed by atoms with Gasteiger partial charge in [0.25, 0.3) is 0 Å². The van der Waals surface area contributed by atoms with Crippen LogP contribution in [0.2, 0.25) is 0 Å². The number of Topliss-reactive ketones (excluding diaryl/α,β-unsaturated/α-hetero) is 1. The van der Waals surface area contributed by atoms with Gasteiger partial charge in [0, 0.05) is 48.4 Å². The van der Waals surface area contributed by atoms with Crippen LogP contribution >= 0.6 is 0 Å². The highest BCUT2D eigenvalue weighted by molar-refractivity contribution is 6.31. The summed E-state index contributed by atoms with van der Waals surface area (Å²) in [5.74, 6) is -4.67. The number of ketones is 3. The molecule has 9 atom stereocenters. The molecule has 2 aromatic rings. The fraction of sp³-hybridized carbons (Fsp3) is 0.529. The number of nitrogens with two attached hydrogens (primary N) is 1. The molecule has 0 aromatic heterocycles. The number of phenolic OH excluding ortho intramolecular Hbond substituents is 2. The van der Waals surface area contributed by atoms with Crippen LogP contribution in [0.25, 0.3) is 0 Å². The van der Waals surface area contributed by atoms with E-state index in [-0.39, 0.29) is 40.8 Å².